The van der Waals surface area contributed by atoms with Gasteiger partial charge in [0.15, 0.2) is 0 Å². The van der Waals surface area contributed by atoms with Crippen molar-refractivity contribution in [1.82, 2.24) is 0 Å². The number of hydrogen-bond donors (Lipinski definition) is 0. The van der Waals surface area contributed by atoms with Gasteiger partial charge in [0.05, 0.1) is 40.1 Å². The van der Waals surface area contributed by atoms with Crippen LogP contribution in [0.15, 0.2) is 12.2 Å². The minimum atomic E-state index is -1.55. The molecular formula is C8H14KNO4. The third-order valence-electron chi connectivity index (χ3n) is 0.355. The molecule has 0 heterocycles. The van der Waals surface area contributed by atoms with Gasteiger partial charge in [0.25, 0.3) is 0 Å². The van der Waals surface area contributed by atoms with Crippen molar-refractivity contribution >= 4 is 11.9 Å². The van der Waals surface area contributed by atoms with Crippen LogP contribution in [0.25, 0.3) is 0 Å². The molecule has 76 valence electrons. The summed E-state index contributed by atoms with van der Waals surface area (Å²) < 4.78 is 1.00. The van der Waals surface area contributed by atoms with Crippen molar-refractivity contribution in [2.24, 2.45) is 0 Å². The van der Waals surface area contributed by atoms with Gasteiger partial charge in [-0.25, -0.2) is 0 Å². The van der Waals surface area contributed by atoms with Crippen molar-refractivity contribution in [3.63, 3.8) is 0 Å². The van der Waals surface area contributed by atoms with Gasteiger partial charge in [-0.15, -0.1) is 0 Å². The summed E-state index contributed by atoms with van der Waals surface area (Å²) in [6.45, 7) is 0. The molecular weight excluding hydrogens is 213 g/mol. The number of quaternary nitrogens is 1. The molecule has 0 aliphatic carbocycles. The van der Waals surface area contributed by atoms with Crippen molar-refractivity contribution < 1.29 is 75.7 Å². The molecule has 0 atom stereocenters. The minimum Gasteiger partial charge on any atom is -0.545 e. The second kappa shape index (κ2) is 9.82. The van der Waals surface area contributed by atoms with Crippen LogP contribution in [0.3, 0.4) is 0 Å². The number of rotatable bonds is 2. The Kier molecular flexibility index (Phi) is 13.9. The van der Waals surface area contributed by atoms with Crippen LogP contribution in [0.4, 0.5) is 0 Å². The maximum Gasteiger partial charge on any atom is 1.00 e. The molecule has 0 saturated carbocycles. The standard InChI is InChI=1S/C4H12N.C4H4O4.K/c1-5(2,3)4;5-3(6)1-2-4(7)8;/h1-4H3;1-2H,(H,5,6)(H,7,8);/q+1;;+1/p-2. The van der Waals surface area contributed by atoms with Crippen molar-refractivity contribution in [3.8, 4) is 0 Å². The Labute approximate surface area is 126 Å². The normalized spacial score (nSPS) is 9.71. The average molecular weight is 227 g/mol. The van der Waals surface area contributed by atoms with Gasteiger partial charge in [0, 0.05) is 0 Å². The largest absolute Gasteiger partial charge is 1.00 e. The zero-order valence-corrected chi connectivity index (χ0v) is 12.4. The fourth-order valence-corrected chi connectivity index (χ4v) is 0.136. The smallest absolute Gasteiger partial charge is 0.545 e. The second-order valence-electron chi connectivity index (χ2n) is 3.65. The average Bonchev–Trinajstić information content (AvgIpc) is 1.79. The van der Waals surface area contributed by atoms with E-state index in [0.717, 1.165) is 4.48 Å². The van der Waals surface area contributed by atoms with Crippen molar-refractivity contribution in [2.75, 3.05) is 28.2 Å². The van der Waals surface area contributed by atoms with E-state index in [0.29, 0.717) is 12.2 Å². The van der Waals surface area contributed by atoms with Crippen molar-refractivity contribution in [1.29, 1.82) is 0 Å². The molecule has 0 aliphatic heterocycles. The van der Waals surface area contributed by atoms with Gasteiger partial charge in [-0.2, -0.15) is 0 Å². The third-order valence-corrected chi connectivity index (χ3v) is 0.355. The first-order valence-electron chi connectivity index (χ1n) is 3.52. The van der Waals surface area contributed by atoms with E-state index in [-0.39, 0.29) is 51.4 Å². The van der Waals surface area contributed by atoms with E-state index in [9.17, 15) is 19.8 Å². The van der Waals surface area contributed by atoms with Crippen LogP contribution in [0.5, 0.6) is 0 Å². The van der Waals surface area contributed by atoms with E-state index in [4.69, 9.17) is 0 Å². The summed E-state index contributed by atoms with van der Waals surface area (Å²) in [7, 11) is 8.50. The number of carboxylic acid groups (broad SMARTS) is 2. The molecule has 0 aliphatic rings. The first-order chi connectivity index (χ1) is 5.63. The summed E-state index contributed by atoms with van der Waals surface area (Å²) in [4.78, 5) is 18.8. The summed E-state index contributed by atoms with van der Waals surface area (Å²) in [6.07, 6.45) is 0.769. The fourth-order valence-electron chi connectivity index (χ4n) is 0.136. The number of nitrogens with zero attached hydrogens (tertiary/aromatic N) is 1. The van der Waals surface area contributed by atoms with Gasteiger partial charge >= 0.3 is 51.4 Å². The molecule has 0 N–H and O–H groups in total. The molecule has 0 rings (SSSR count). The Morgan fingerprint density at radius 1 is 0.929 bits per heavy atom. The molecule has 0 spiro atoms. The van der Waals surface area contributed by atoms with E-state index < -0.39 is 11.9 Å². The summed E-state index contributed by atoms with van der Waals surface area (Å²) in [5.41, 5.74) is 0. The fraction of sp³-hybridized carbons (Fsp3) is 0.500. The molecule has 0 radical (unpaired) electrons. The Morgan fingerprint density at radius 3 is 1.14 bits per heavy atom. The monoisotopic (exact) mass is 227 g/mol. The van der Waals surface area contributed by atoms with Crippen LogP contribution in [0, 0.1) is 0 Å². The Bertz CT molecular complexity index is 186. The van der Waals surface area contributed by atoms with Gasteiger partial charge in [0.2, 0.25) is 0 Å². The van der Waals surface area contributed by atoms with Crippen LogP contribution in [-0.4, -0.2) is 44.6 Å². The molecule has 14 heavy (non-hydrogen) atoms. The molecule has 0 saturated heterocycles. The van der Waals surface area contributed by atoms with E-state index in [1.54, 1.807) is 0 Å². The van der Waals surface area contributed by atoms with Gasteiger partial charge in [0.1, 0.15) is 0 Å². The van der Waals surface area contributed by atoms with Crippen LogP contribution in [0.2, 0.25) is 0 Å². The van der Waals surface area contributed by atoms with Crippen molar-refractivity contribution in [2.45, 2.75) is 0 Å². The van der Waals surface area contributed by atoms with Gasteiger partial charge in [-0.1, -0.05) is 0 Å². The van der Waals surface area contributed by atoms with Gasteiger partial charge in [-0.05, 0) is 12.2 Å². The maximum atomic E-state index is 9.41. The molecule has 0 amide bonds. The first-order valence-corrected chi connectivity index (χ1v) is 3.52. The Morgan fingerprint density at radius 2 is 1.07 bits per heavy atom. The number of hydrogen-bond acceptors (Lipinski definition) is 4. The second-order valence-corrected chi connectivity index (χ2v) is 3.65. The number of carbonyl (C=O) groups excluding carboxylic acids is 2. The molecule has 0 bridgehead atoms. The minimum absolute atomic E-state index is 0. The Balaban J connectivity index is -0.000000177. The van der Waals surface area contributed by atoms with Gasteiger partial charge in [-0.3, -0.25) is 0 Å². The zero-order chi connectivity index (χ0) is 11.1. The summed E-state index contributed by atoms with van der Waals surface area (Å²) in [5.74, 6) is -3.09. The number of carbonyl (C=O) groups is 2. The molecule has 0 aromatic carbocycles. The summed E-state index contributed by atoms with van der Waals surface area (Å²) in [5, 5.41) is 18.8. The molecule has 0 unspecified atom stereocenters. The van der Waals surface area contributed by atoms with Crippen LogP contribution < -0.4 is 61.6 Å². The molecule has 0 fully saturated rings. The van der Waals surface area contributed by atoms with Crippen LogP contribution in [0.1, 0.15) is 0 Å². The van der Waals surface area contributed by atoms with Gasteiger partial charge < -0.3 is 24.3 Å². The van der Waals surface area contributed by atoms with E-state index in [1.807, 2.05) is 0 Å². The topological polar surface area (TPSA) is 80.3 Å². The maximum absolute atomic E-state index is 9.41. The van der Waals surface area contributed by atoms with Crippen LogP contribution in [-0.2, 0) is 9.59 Å². The van der Waals surface area contributed by atoms with E-state index in [1.165, 1.54) is 0 Å². The molecule has 0 aromatic heterocycles. The predicted octanol–water partition coefficient (Wildman–Crippen LogP) is -5.63. The predicted molar refractivity (Wildman–Crippen MR) is 43.1 cm³/mol. The quantitative estimate of drug-likeness (QED) is 0.268. The van der Waals surface area contributed by atoms with Crippen LogP contribution >= 0.6 is 0 Å². The SMILES string of the molecule is C[N+](C)(C)C.O=C([O-])C=CC(=O)[O-].[K+]. The zero-order valence-electron chi connectivity index (χ0n) is 9.23. The first kappa shape index (κ1) is 19.8. The summed E-state index contributed by atoms with van der Waals surface area (Å²) >= 11 is 0. The summed E-state index contributed by atoms with van der Waals surface area (Å²) in [6, 6.07) is 0. The molecule has 6 heteroatoms. The number of carboxylic acids is 2. The molecule has 0 aromatic rings. The van der Waals surface area contributed by atoms with E-state index in [2.05, 4.69) is 28.2 Å². The third kappa shape index (κ3) is 56.1. The number of aliphatic carboxylic acids is 2. The Hall–Kier alpha value is 0.276. The van der Waals surface area contributed by atoms with Crippen molar-refractivity contribution in [3.05, 3.63) is 12.2 Å². The molecule has 5 nitrogen and oxygen atoms in total. The van der Waals surface area contributed by atoms with E-state index >= 15 is 0 Å².